The van der Waals surface area contributed by atoms with Gasteiger partial charge in [0.05, 0.1) is 10.8 Å². The number of hydrogen-bond acceptors (Lipinski definition) is 3. The zero-order chi connectivity index (χ0) is 16.8. The van der Waals surface area contributed by atoms with E-state index in [4.69, 9.17) is 0 Å². The fourth-order valence-electron chi connectivity index (χ4n) is 2.46. The largest absolute Gasteiger partial charge is 0.355 e. The molecule has 3 nitrogen and oxygen atoms in total. The average Bonchev–Trinajstić information content (AvgIpc) is 2.62. The molecule has 4 heteroatoms. The van der Waals surface area contributed by atoms with Gasteiger partial charge >= 0.3 is 0 Å². The highest BCUT2D eigenvalue weighted by Crippen LogP contribution is 2.22. The summed E-state index contributed by atoms with van der Waals surface area (Å²) in [6.45, 7) is 2.53. The maximum Gasteiger partial charge on any atom is 0.233 e. The first kappa shape index (κ1) is 16.5. The van der Waals surface area contributed by atoms with Crippen molar-refractivity contribution in [3.8, 4) is 0 Å². The summed E-state index contributed by atoms with van der Waals surface area (Å²) in [5.41, 5.74) is 1.99. The highest BCUT2D eigenvalue weighted by atomic mass is 32.2. The van der Waals surface area contributed by atoms with Crippen LogP contribution in [0.5, 0.6) is 0 Å². The SMILES string of the molecule is C[C@@H](Sc1ccccc1)C(=O)NCCc1ccc2ccccc2n1. The van der Waals surface area contributed by atoms with E-state index in [9.17, 15) is 4.79 Å². The normalized spacial score (nSPS) is 12.0. The van der Waals surface area contributed by atoms with Gasteiger partial charge in [-0.2, -0.15) is 0 Å². The van der Waals surface area contributed by atoms with E-state index in [1.54, 1.807) is 11.8 Å². The number of fused-ring (bicyclic) bond motifs is 1. The van der Waals surface area contributed by atoms with E-state index >= 15 is 0 Å². The van der Waals surface area contributed by atoms with Gasteiger partial charge in [-0.15, -0.1) is 11.8 Å². The summed E-state index contributed by atoms with van der Waals surface area (Å²) in [6.07, 6.45) is 0.735. The monoisotopic (exact) mass is 336 g/mol. The van der Waals surface area contributed by atoms with Crippen LogP contribution in [-0.2, 0) is 11.2 Å². The first-order chi connectivity index (χ1) is 11.7. The number of aromatic nitrogens is 1. The van der Waals surface area contributed by atoms with Crippen LogP contribution in [0.4, 0.5) is 0 Å². The molecule has 3 aromatic rings. The van der Waals surface area contributed by atoms with Crippen molar-refractivity contribution >= 4 is 28.6 Å². The van der Waals surface area contributed by atoms with Crippen molar-refractivity contribution in [3.63, 3.8) is 0 Å². The average molecular weight is 336 g/mol. The molecule has 0 saturated carbocycles. The van der Waals surface area contributed by atoms with Gasteiger partial charge in [-0.25, -0.2) is 0 Å². The Balaban J connectivity index is 1.50. The molecule has 0 saturated heterocycles. The van der Waals surface area contributed by atoms with Crippen LogP contribution in [0.15, 0.2) is 71.6 Å². The predicted octanol–water partition coefficient (Wildman–Crippen LogP) is 4.07. The molecule has 0 radical (unpaired) electrons. The fourth-order valence-corrected chi connectivity index (χ4v) is 3.37. The Morgan fingerprint density at radius 2 is 1.79 bits per heavy atom. The van der Waals surface area contributed by atoms with E-state index < -0.39 is 0 Å². The van der Waals surface area contributed by atoms with Gasteiger partial charge in [-0.05, 0) is 31.2 Å². The molecule has 0 bridgehead atoms. The van der Waals surface area contributed by atoms with Gasteiger partial charge in [0.2, 0.25) is 5.91 Å². The molecule has 2 aromatic carbocycles. The van der Waals surface area contributed by atoms with E-state index in [-0.39, 0.29) is 11.2 Å². The third-order valence-electron chi connectivity index (χ3n) is 3.76. The number of amides is 1. The number of nitrogens with one attached hydrogen (secondary N) is 1. The van der Waals surface area contributed by atoms with Crippen molar-refractivity contribution in [1.82, 2.24) is 10.3 Å². The van der Waals surface area contributed by atoms with Gasteiger partial charge in [0.15, 0.2) is 0 Å². The van der Waals surface area contributed by atoms with Crippen LogP contribution < -0.4 is 5.32 Å². The van der Waals surface area contributed by atoms with Gasteiger partial charge in [0, 0.05) is 28.9 Å². The van der Waals surface area contributed by atoms with Crippen molar-refractivity contribution in [2.75, 3.05) is 6.54 Å². The van der Waals surface area contributed by atoms with E-state index in [0.29, 0.717) is 6.54 Å². The van der Waals surface area contributed by atoms with Crippen molar-refractivity contribution in [2.45, 2.75) is 23.5 Å². The lowest BCUT2D eigenvalue weighted by atomic mass is 10.2. The standard InChI is InChI=1S/C20H20N2OS/c1-15(24-18-8-3-2-4-9-18)20(23)21-14-13-17-12-11-16-7-5-6-10-19(16)22-17/h2-12,15H,13-14H2,1H3,(H,21,23)/t15-/m1/s1. The molecule has 0 aliphatic rings. The summed E-state index contributed by atoms with van der Waals surface area (Å²) in [4.78, 5) is 17.9. The van der Waals surface area contributed by atoms with Crippen molar-refractivity contribution in [2.24, 2.45) is 0 Å². The molecule has 0 spiro atoms. The number of carbonyl (C=O) groups excluding carboxylic acids is 1. The third-order valence-corrected chi connectivity index (χ3v) is 4.87. The first-order valence-electron chi connectivity index (χ1n) is 8.06. The molecule has 3 rings (SSSR count). The summed E-state index contributed by atoms with van der Waals surface area (Å²) in [5.74, 6) is 0.0599. The highest BCUT2D eigenvalue weighted by molar-refractivity contribution is 8.00. The summed E-state index contributed by atoms with van der Waals surface area (Å²) in [7, 11) is 0. The van der Waals surface area contributed by atoms with E-state index in [1.807, 2.05) is 61.5 Å². The van der Waals surface area contributed by atoms with Gasteiger partial charge in [-0.3, -0.25) is 9.78 Å². The van der Waals surface area contributed by atoms with Crippen LogP contribution in [0, 0.1) is 0 Å². The Morgan fingerprint density at radius 1 is 1.04 bits per heavy atom. The molecule has 122 valence electrons. The summed E-state index contributed by atoms with van der Waals surface area (Å²) in [6, 6.07) is 22.2. The van der Waals surface area contributed by atoms with Crippen LogP contribution in [0.2, 0.25) is 0 Å². The van der Waals surface area contributed by atoms with Crippen LogP contribution in [0.25, 0.3) is 10.9 Å². The minimum absolute atomic E-state index is 0.0599. The second-order valence-corrected chi connectivity index (χ2v) is 7.02. The predicted molar refractivity (Wildman–Crippen MR) is 100 cm³/mol. The zero-order valence-corrected chi connectivity index (χ0v) is 14.4. The van der Waals surface area contributed by atoms with Crippen molar-refractivity contribution < 1.29 is 4.79 Å². The molecule has 1 amide bonds. The van der Waals surface area contributed by atoms with E-state index in [1.165, 1.54) is 0 Å². The first-order valence-corrected chi connectivity index (χ1v) is 8.94. The molecule has 24 heavy (non-hydrogen) atoms. The molecule has 0 aliphatic carbocycles. The Kier molecular flexibility index (Phi) is 5.49. The summed E-state index contributed by atoms with van der Waals surface area (Å²) >= 11 is 1.57. The van der Waals surface area contributed by atoms with E-state index in [2.05, 4.69) is 22.4 Å². The van der Waals surface area contributed by atoms with Gasteiger partial charge < -0.3 is 5.32 Å². The number of benzene rings is 2. The highest BCUT2D eigenvalue weighted by Gasteiger charge is 2.13. The topological polar surface area (TPSA) is 42.0 Å². The molecule has 0 fully saturated rings. The number of para-hydroxylation sites is 1. The maximum absolute atomic E-state index is 12.2. The molecule has 1 aromatic heterocycles. The Morgan fingerprint density at radius 3 is 2.62 bits per heavy atom. The zero-order valence-electron chi connectivity index (χ0n) is 13.6. The number of pyridine rings is 1. The lowest BCUT2D eigenvalue weighted by molar-refractivity contribution is -0.120. The molecular weight excluding hydrogens is 316 g/mol. The minimum Gasteiger partial charge on any atom is -0.355 e. The third kappa shape index (κ3) is 4.36. The number of nitrogens with zero attached hydrogens (tertiary/aromatic N) is 1. The number of thioether (sulfide) groups is 1. The van der Waals surface area contributed by atoms with Gasteiger partial charge in [0.1, 0.15) is 0 Å². The Labute approximate surface area is 146 Å². The fraction of sp³-hybridized carbons (Fsp3) is 0.200. The molecule has 1 heterocycles. The quantitative estimate of drug-likeness (QED) is 0.690. The van der Waals surface area contributed by atoms with Gasteiger partial charge in [0.25, 0.3) is 0 Å². The molecule has 1 atom stereocenters. The molecule has 0 unspecified atom stereocenters. The van der Waals surface area contributed by atoms with E-state index in [0.717, 1.165) is 27.9 Å². The summed E-state index contributed by atoms with van der Waals surface area (Å²) < 4.78 is 0. The Bertz CT molecular complexity index is 820. The molecule has 0 aliphatic heterocycles. The van der Waals surface area contributed by atoms with Crippen LogP contribution in [-0.4, -0.2) is 22.7 Å². The number of rotatable bonds is 6. The number of carbonyl (C=O) groups is 1. The lowest BCUT2D eigenvalue weighted by Gasteiger charge is -2.12. The van der Waals surface area contributed by atoms with Crippen molar-refractivity contribution in [3.05, 3.63) is 72.4 Å². The van der Waals surface area contributed by atoms with Crippen LogP contribution in [0.3, 0.4) is 0 Å². The molecular formula is C20H20N2OS. The smallest absolute Gasteiger partial charge is 0.233 e. The van der Waals surface area contributed by atoms with Crippen molar-refractivity contribution in [1.29, 1.82) is 0 Å². The maximum atomic E-state index is 12.2. The minimum atomic E-state index is -0.114. The van der Waals surface area contributed by atoms with Crippen LogP contribution in [0.1, 0.15) is 12.6 Å². The molecule has 1 N–H and O–H groups in total. The second-order valence-electron chi connectivity index (χ2n) is 5.61. The second kappa shape index (κ2) is 7.97. The number of hydrogen-bond donors (Lipinski definition) is 1. The van der Waals surface area contributed by atoms with Crippen LogP contribution >= 0.6 is 11.8 Å². The Hall–Kier alpha value is -2.33. The summed E-state index contributed by atoms with van der Waals surface area (Å²) in [5, 5.41) is 4.02. The lowest BCUT2D eigenvalue weighted by Crippen LogP contribution is -2.32. The van der Waals surface area contributed by atoms with Gasteiger partial charge in [-0.1, -0.05) is 42.5 Å².